The summed E-state index contributed by atoms with van der Waals surface area (Å²) in [5.41, 5.74) is 0.749. The first-order valence-electron chi connectivity index (χ1n) is 10.3. The molecule has 2 aromatic heterocycles. The molecule has 0 bridgehead atoms. The lowest BCUT2D eigenvalue weighted by molar-refractivity contribution is -0.0660. The Morgan fingerprint density at radius 2 is 1.91 bits per heavy atom. The highest BCUT2D eigenvalue weighted by molar-refractivity contribution is 5.96. The van der Waals surface area contributed by atoms with Crippen LogP contribution < -0.4 is 0 Å². The third kappa shape index (κ3) is 4.86. The number of fused-ring (bicyclic) bond motifs is 1. The van der Waals surface area contributed by atoms with Crippen molar-refractivity contribution in [2.45, 2.75) is 31.7 Å². The zero-order chi connectivity index (χ0) is 24.7. The van der Waals surface area contributed by atoms with Crippen molar-refractivity contribution in [1.82, 2.24) is 19.4 Å². The molecule has 182 valence electrons. The van der Waals surface area contributed by atoms with Crippen LogP contribution in [0.4, 0.5) is 26.3 Å². The molecule has 0 aliphatic carbocycles. The molecule has 1 aromatic carbocycles. The van der Waals surface area contributed by atoms with E-state index in [1.807, 2.05) is 0 Å². The van der Waals surface area contributed by atoms with E-state index < -0.39 is 49.7 Å². The lowest BCUT2D eigenvalue weighted by Crippen LogP contribution is -2.41. The van der Waals surface area contributed by atoms with Gasteiger partial charge in [-0.1, -0.05) is 12.1 Å². The molecule has 0 N–H and O–H groups in total. The number of alkyl halides is 6. The van der Waals surface area contributed by atoms with Gasteiger partial charge in [-0.25, -0.2) is 22.5 Å². The van der Waals surface area contributed by atoms with Gasteiger partial charge in [-0.2, -0.15) is 8.78 Å². The van der Waals surface area contributed by atoms with E-state index in [0.717, 1.165) is 9.47 Å². The Kier molecular flexibility index (Phi) is 6.28. The molecule has 12 heteroatoms. The van der Waals surface area contributed by atoms with E-state index in [0.29, 0.717) is 12.5 Å². The minimum absolute atomic E-state index is 0.00283. The Morgan fingerprint density at radius 1 is 1.21 bits per heavy atom. The Morgan fingerprint density at radius 3 is 2.56 bits per heavy atom. The van der Waals surface area contributed by atoms with Crippen molar-refractivity contribution >= 4 is 16.9 Å². The van der Waals surface area contributed by atoms with Crippen LogP contribution >= 0.6 is 0 Å². The summed E-state index contributed by atoms with van der Waals surface area (Å²) in [5, 5.41) is 0. The second-order valence-electron chi connectivity index (χ2n) is 8.07. The first kappa shape index (κ1) is 24.0. The first-order chi connectivity index (χ1) is 16.0. The molecule has 0 unspecified atom stereocenters. The third-order valence-electron chi connectivity index (χ3n) is 5.31. The zero-order valence-electron chi connectivity index (χ0n) is 18.0. The van der Waals surface area contributed by atoms with Crippen LogP contribution in [0.25, 0.3) is 22.3 Å². The standard InChI is InChI=1S/C22H20F6N4O2/c1-21(25,26)20-30-18-15(32(20)10-16(23)24)6-7-29-17(18)13-2-4-14(5-3-13)19(33)31-8-9-34-12-22(27,28)11-31/h2-7,16H,8-12H2,1H3. The fraction of sp³-hybridized carbons (Fsp3) is 0.409. The van der Waals surface area contributed by atoms with Gasteiger partial charge >= 0.3 is 5.92 Å². The number of hydrogen-bond donors (Lipinski definition) is 0. The lowest BCUT2D eigenvalue weighted by atomic mass is 10.1. The number of nitrogens with zero attached hydrogens (tertiary/aromatic N) is 4. The van der Waals surface area contributed by atoms with Crippen molar-refractivity contribution in [1.29, 1.82) is 0 Å². The number of hydrogen-bond acceptors (Lipinski definition) is 4. The maximum atomic E-state index is 14.1. The Hall–Kier alpha value is -3.15. The van der Waals surface area contributed by atoms with Crippen molar-refractivity contribution in [2.24, 2.45) is 0 Å². The Bertz CT molecular complexity index is 1190. The molecule has 6 nitrogen and oxygen atoms in total. The van der Waals surface area contributed by atoms with Gasteiger partial charge in [0, 0.05) is 30.8 Å². The molecule has 1 aliphatic heterocycles. The fourth-order valence-electron chi connectivity index (χ4n) is 3.85. The van der Waals surface area contributed by atoms with E-state index in [1.54, 1.807) is 0 Å². The number of carbonyl (C=O) groups excluding carboxylic acids is 1. The van der Waals surface area contributed by atoms with Gasteiger partial charge in [0.25, 0.3) is 18.3 Å². The maximum absolute atomic E-state index is 14.1. The number of ether oxygens (including phenoxy) is 1. The van der Waals surface area contributed by atoms with E-state index >= 15 is 0 Å². The van der Waals surface area contributed by atoms with E-state index in [1.165, 1.54) is 36.5 Å². The van der Waals surface area contributed by atoms with E-state index in [-0.39, 0.29) is 35.4 Å². The normalized spacial score (nSPS) is 16.8. The molecule has 1 amide bonds. The summed E-state index contributed by atoms with van der Waals surface area (Å²) in [6.07, 6.45) is -1.59. The van der Waals surface area contributed by atoms with Crippen LogP contribution in [0.1, 0.15) is 23.1 Å². The highest BCUT2D eigenvalue weighted by atomic mass is 19.3. The zero-order valence-corrected chi connectivity index (χ0v) is 18.0. The minimum Gasteiger partial charge on any atom is -0.373 e. The molecule has 3 heterocycles. The highest BCUT2D eigenvalue weighted by Gasteiger charge is 2.37. The predicted molar refractivity (Wildman–Crippen MR) is 110 cm³/mol. The molecule has 1 saturated heterocycles. The minimum atomic E-state index is -3.47. The number of aromatic nitrogens is 3. The maximum Gasteiger partial charge on any atom is 0.302 e. The molecular weight excluding hydrogens is 466 g/mol. The second-order valence-corrected chi connectivity index (χ2v) is 8.07. The summed E-state index contributed by atoms with van der Waals surface area (Å²) in [5.74, 6) is -8.06. The van der Waals surface area contributed by atoms with Crippen molar-refractivity contribution in [3.05, 3.63) is 47.9 Å². The van der Waals surface area contributed by atoms with Crippen LogP contribution in [0.2, 0.25) is 0 Å². The van der Waals surface area contributed by atoms with Gasteiger partial charge in [0.1, 0.15) is 12.1 Å². The number of rotatable bonds is 5. The largest absolute Gasteiger partial charge is 0.373 e. The number of halogens is 6. The Balaban J connectivity index is 1.69. The molecule has 34 heavy (non-hydrogen) atoms. The van der Waals surface area contributed by atoms with Crippen LogP contribution in [0.5, 0.6) is 0 Å². The van der Waals surface area contributed by atoms with E-state index in [9.17, 15) is 31.1 Å². The van der Waals surface area contributed by atoms with Gasteiger partial charge in [-0.05, 0) is 18.2 Å². The summed E-state index contributed by atoms with van der Waals surface area (Å²) >= 11 is 0. The number of benzene rings is 1. The second kappa shape index (κ2) is 8.90. The number of carbonyl (C=O) groups is 1. The van der Waals surface area contributed by atoms with Gasteiger partial charge in [0.2, 0.25) is 0 Å². The van der Waals surface area contributed by atoms with Gasteiger partial charge in [-0.15, -0.1) is 0 Å². The summed E-state index contributed by atoms with van der Waals surface area (Å²) in [6.45, 7) is -1.94. The monoisotopic (exact) mass is 486 g/mol. The Labute approximate surface area is 190 Å². The van der Waals surface area contributed by atoms with E-state index in [2.05, 4.69) is 9.97 Å². The number of pyridine rings is 1. The molecule has 0 atom stereocenters. The highest BCUT2D eigenvalue weighted by Crippen LogP contribution is 2.34. The molecule has 0 spiro atoms. The summed E-state index contributed by atoms with van der Waals surface area (Å²) in [4.78, 5) is 21.8. The fourth-order valence-corrected chi connectivity index (χ4v) is 3.85. The topological polar surface area (TPSA) is 60.3 Å². The van der Waals surface area contributed by atoms with Crippen LogP contribution in [-0.2, 0) is 17.2 Å². The van der Waals surface area contributed by atoms with Crippen LogP contribution in [-0.4, -0.2) is 64.0 Å². The molecule has 4 rings (SSSR count). The molecule has 1 aliphatic rings. The van der Waals surface area contributed by atoms with Crippen molar-refractivity contribution in [3.8, 4) is 11.3 Å². The van der Waals surface area contributed by atoms with Gasteiger partial charge in [0.05, 0.1) is 30.9 Å². The molecule has 0 saturated carbocycles. The predicted octanol–water partition coefficient (Wildman–Crippen LogP) is 4.58. The summed E-state index contributed by atoms with van der Waals surface area (Å²) in [6, 6.07) is 7.05. The van der Waals surface area contributed by atoms with Gasteiger partial charge in [-0.3, -0.25) is 9.78 Å². The lowest BCUT2D eigenvalue weighted by Gasteiger charge is -2.23. The van der Waals surface area contributed by atoms with Gasteiger partial charge < -0.3 is 14.2 Å². The molecule has 0 radical (unpaired) electrons. The first-order valence-corrected chi connectivity index (χ1v) is 10.3. The number of amides is 1. The SMILES string of the molecule is CC(F)(F)c1nc2c(-c3ccc(C(=O)N4CCOCC(F)(F)C4)cc3)nccc2n1CC(F)F. The quantitative estimate of drug-likeness (QED) is 0.496. The van der Waals surface area contributed by atoms with Crippen LogP contribution in [0.15, 0.2) is 36.5 Å². The van der Waals surface area contributed by atoms with Crippen molar-refractivity contribution in [3.63, 3.8) is 0 Å². The van der Waals surface area contributed by atoms with E-state index in [4.69, 9.17) is 4.74 Å². The van der Waals surface area contributed by atoms with Crippen LogP contribution in [0.3, 0.4) is 0 Å². The summed E-state index contributed by atoms with van der Waals surface area (Å²) < 4.78 is 87.5. The molecular formula is C22H20F6N4O2. The number of imidazole rings is 1. The third-order valence-corrected chi connectivity index (χ3v) is 5.31. The average Bonchev–Trinajstić information content (AvgIpc) is 3.03. The molecule has 1 fully saturated rings. The van der Waals surface area contributed by atoms with Crippen LogP contribution in [0, 0.1) is 0 Å². The average molecular weight is 486 g/mol. The van der Waals surface area contributed by atoms with Crippen molar-refractivity contribution < 1.29 is 35.9 Å². The van der Waals surface area contributed by atoms with Gasteiger partial charge in [0.15, 0.2) is 5.82 Å². The van der Waals surface area contributed by atoms with Crippen molar-refractivity contribution in [2.75, 3.05) is 26.3 Å². The smallest absolute Gasteiger partial charge is 0.302 e. The summed E-state index contributed by atoms with van der Waals surface area (Å²) in [7, 11) is 0. The molecule has 3 aromatic rings.